The number of rotatable bonds is 55. The molecule has 12 amide bonds. The third-order valence-electron chi connectivity index (χ3n) is 16.7. The van der Waals surface area contributed by atoms with Crippen molar-refractivity contribution in [2.24, 2.45) is 111 Å². The Morgan fingerprint density at radius 3 is 0.991 bits per heavy atom. The number of hydrogen-bond acceptors (Lipinski definition) is 22. The van der Waals surface area contributed by atoms with Gasteiger partial charge in [0.25, 0.3) is 0 Å². The Bertz CT molecular complexity index is 3080. The Labute approximate surface area is 627 Å². The van der Waals surface area contributed by atoms with Gasteiger partial charge in [-0.3, -0.25) is 87.3 Å². The molecule has 1 aliphatic heterocycles. The van der Waals surface area contributed by atoms with Crippen LogP contribution in [0, 0.1) is 5.92 Å². The van der Waals surface area contributed by atoms with Crippen LogP contribution in [0.5, 0.6) is 0 Å². The molecule has 0 aromatic rings. The summed E-state index contributed by atoms with van der Waals surface area (Å²) in [4.78, 5) is 201. The van der Waals surface area contributed by atoms with E-state index in [1.165, 1.54) is 11.8 Å². The van der Waals surface area contributed by atoms with E-state index in [1.54, 1.807) is 13.8 Å². The van der Waals surface area contributed by atoms with Crippen LogP contribution >= 0.6 is 0 Å². The summed E-state index contributed by atoms with van der Waals surface area (Å²) in [5.74, 6) is -14.4. The molecule has 45 nitrogen and oxygen atoms in total. The Hall–Kier alpha value is -10.7. The molecule has 40 N–H and O–H groups in total. The van der Waals surface area contributed by atoms with E-state index in [9.17, 15) is 72.5 Å². The zero-order chi connectivity index (χ0) is 81.6. The van der Waals surface area contributed by atoms with Crippen LogP contribution in [0.2, 0.25) is 0 Å². The van der Waals surface area contributed by atoms with Crippen molar-refractivity contribution in [2.75, 3.05) is 58.9 Å². The van der Waals surface area contributed by atoms with Crippen LogP contribution in [-0.2, 0) is 62.3 Å². The van der Waals surface area contributed by atoms with Crippen molar-refractivity contribution in [3.05, 3.63) is 0 Å². The summed E-state index contributed by atoms with van der Waals surface area (Å²) in [6.07, 6.45) is -1.02. The molecule has 0 unspecified atom stereocenters. The Kier molecular flexibility index (Phi) is 46.2. The van der Waals surface area contributed by atoms with E-state index in [0.717, 1.165) is 0 Å². The van der Waals surface area contributed by atoms with Crippen LogP contribution in [0.15, 0.2) is 25.0 Å². The highest BCUT2D eigenvalue weighted by Crippen LogP contribution is 2.20. The van der Waals surface area contributed by atoms with E-state index >= 15 is 0 Å². The van der Waals surface area contributed by atoms with E-state index in [2.05, 4.69) is 78.1 Å². The monoisotopic (exact) mass is 1540 g/mol. The third-order valence-corrected chi connectivity index (χ3v) is 16.7. The van der Waals surface area contributed by atoms with Crippen LogP contribution < -0.4 is 133 Å². The number of carbonyl (C=O) groups is 13. The summed E-state index contributed by atoms with van der Waals surface area (Å²) < 4.78 is 0. The second kappa shape index (κ2) is 52.3. The van der Waals surface area contributed by atoms with Gasteiger partial charge in [0.05, 0.1) is 6.10 Å². The van der Waals surface area contributed by atoms with Gasteiger partial charge in [-0.25, -0.2) is 0 Å². The van der Waals surface area contributed by atoms with Crippen molar-refractivity contribution in [2.45, 2.75) is 222 Å². The number of primary amides is 1. The summed E-state index contributed by atoms with van der Waals surface area (Å²) in [5, 5.41) is 45.2. The summed E-state index contributed by atoms with van der Waals surface area (Å²) in [6, 6.07) is -15.8. The predicted molar refractivity (Wildman–Crippen MR) is 401 cm³/mol. The normalized spacial score (nSPS) is 15.4. The van der Waals surface area contributed by atoms with Crippen LogP contribution in [0.25, 0.3) is 0 Å². The number of aliphatic hydroxyl groups is 1. The molecule has 1 fully saturated rings. The lowest BCUT2D eigenvalue weighted by atomic mass is 10.00. The Morgan fingerprint density at radius 1 is 0.407 bits per heavy atom. The van der Waals surface area contributed by atoms with Gasteiger partial charge in [0.1, 0.15) is 73.0 Å². The summed E-state index contributed by atoms with van der Waals surface area (Å²) >= 11 is 0. The largest absolute Gasteiger partial charge is 0.480 e. The topological polar surface area (TPSA) is 812 Å². The number of unbranched alkanes of at least 4 members (excludes halogenated alkanes) is 2. The molecule has 0 aromatic heterocycles. The molecule has 108 heavy (non-hydrogen) atoms. The van der Waals surface area contributed by atoms with Gasteiger partial charge >= 0.3 is 5.97 Å². The fourth-order valence-electron chi connectivity index (χ4n) is 10.9. The highest BCUT2D eigenvalue weighted by molar-refractivity contribution is 6.00. The first kappa shape index (κ1) is 95.3. The zero-order valence-electron chi connectivity index (χ0n) is 62.0. The molecule has 1 rings (SSSR count). The van der Waals surface area contributed by atoms with Crippen LogP contribution in [0.3, 0.4) is 0 Å². The molecular formula is C63H120N30O15. The first-order valence-corrected chi connectivity index (χ1v) is 35.9. The molecule has 1 saturated heterocycles. The van der Waals surface area contributed by atoms with Gasteiger partial charge in [-0.05, 0) is 148 Å². The minimum absolute atomic E-state index is 0.0117. The molecule has 612 valence electrons. The molecule has 0 radical (unpaired) electrons. The highest BCUT2D eigenvalue weighted by Gasteiger charge is 2.41. The predicted octanol–water partition coefficient (Wildman–Crippen LogP) is -11.3. The molecule has 0 bridgehead atoms. The van der Waals surface area contributed by atoms with Gasteiger partial charge < -0.3 is 149 Å². The van der Waals surface area contributed by atoms with Gasteiger partial charge in [0, 0.05) is 45.7 Å². The minimum Gasteiger partial charge on any atom is -0.480 e. The fourth-order valence-corrected chi connectivity index (χ4v) is 10.9. The van der Waals surface area contributed by atoms with E-state index < -0.39 is 168 Å². The fraction of sp³-hybridized carbons (Fsp3) is 0.714. The SMILES string of the molecule is CC(C)[C@H](NC(=O)[C@H](CCCN=C(N)N)NC(=O)[C@H](CCC(N)=O)NC(=O)[C@@H]1CCCN1C(=O)[C@@H](N)[C@@H](C)O)C(=O)N[C@@H](CCCN=C(N)N)C(=O)N[C@@H](CCCN=C(N)N)C(=O)N[C@@H](CCCN=C(N)N)C(=O)N[C@@H](CCCCN)C(=O)N[C@@H](CCCCN)C(=O)N[C@@H](CCCN=C(N)N)C(=O)NCC(=O)O. The Balaban J connectivity index is 3.93. The number of carbonyl (C=O) groups excluding carboxylic acids is 12. The number of amides is 12. The molecule has 0 saturated carbocycles. The van der Waals surface area contributed by atoms with Gasteiger partial charge in [-0.15, -0.1) is 0 Å². The highest BCUT2D eigenvalue weighted by atomic mass is 16.4. The maximum atomic E-state index is 14.9. The van der Waals surface area contributed by atoms with Crippen molar-refractivity contribution < 1.29 is 72.5 Å². The molecule has 1 aliphatic rings. The quantitative estimate of drug-likeness (QED) is 0.0153. The maximum Gasteiger partial charge on any atom is 0.322 e. The van der Waals surface area contributed by atoms with Gasteiger partial charge in [-0.1, -0.05) is 13.8 Å². The first-order chi connectivity index (χ1) is 50.9. The number of nitrogens with one attached hydrogen (secondary N) is 10. The summed E-state index contributed by atoms with van der Waals surface area (Å²) in [6.45, 7) is 3.87. The first-order valence-electron chi connectivity index (χ1n) is 35.9. The zero-order valence-corrected chi connectivity index (χ0v) is 62.0. The summed E-state index contributed by atoms with van der Waals surface area (Å²) in [7, 11) is 0. The van der Waals surface area contributed by atoms with E-state index in [1.807, 2.05) is 0 Å². The van der Waals surface area contributed by atoms with Crippen LogP contribution in [0.4, 0.5) is 0 Å². The lowest BCUT2D eigenvalue weighted by Crippen LogP contribution is -2.61. The molecule has 1 heterocycles. The molecule has 0 aromatic carbocycles. The number of likely N-dealkylation sites (tertiary alicyclic amines) is 1. The van der Waals surface area contributed by atoms with Crippen molar-refractivity contribution in [3.63, 3.8) is 0 Å². The van der Waals surface area contributed by atoms with Gasteiger partial charge in [0.2, 0.25) is 70.9 Å². The average molecular weight is 1540 g/mol. The summed E-state index contributed by atoms with van der Waals surface area (Å²) in [5.41, 5.74) is 78.7. The van der Waals surface area contributed by atoms with Gasteiger partial charge in [0.15, 0.2) is 29.8 Å². The lowest BCUT2D eigenvalue weighted by Gasteiger charge is -2.30. The average Bonchev–Trinajstić information content (AvgIpc) is 1.57. The second-order valence-corrected chi connectivity index (χ2v) is 26.1. The number of aliphatic hydroxyl groups excluding tert-OH is 1. The van der Waals surface area contributed by atoms with Crippen molar-refractivity contribution in [3.8, 4) is 0 Å². The standard InChI is InChI=1S/C63H120N30O15/c1-33(2)47(92-55(105)41(20-12-30-82-63(76)77)89-54(104)42(22-23-44(66)95)90-56(106)43-21-13-31-93(43)58(108)46(67)34(3)94)57(107)91-40(19-11-29-81-62(74)75)53(103)88-39(18-10-28-80-61(72)73)52(102)87-38(17-9-27-79-60(70)71)51(101)86-37(15-5-7-25-65)50(100)85-36(14-4-6-24-64)49(99)84-35(16-8-26-78-59(68)69)48(98)83-32-45(96)97/h33-43,46-47,94H,4-32,64-65,67H2,1-3H3,(H2,66,95)(H,83,98)(H,84,99)(H,85,100)(H,86,101)(H,87,102)(H,88,103)(H,89,104)(H,90,106)(H,91,107)(H,92,105)(H,96,97)(H4,68,69,78)(H4,70,71,79)(H4,72,73,80)(H4,74,75,81)(H4,76,77,82)/t34-,35+,36+,37+,38+,39+,40+,41+,42+,43+,46+,47+/m1/s1. The number of aliphatic imine (C=N–C) groups is 5. The molecule has 0 aliphatic carbocycles. The maximum absolute atomic E-state index is 14.9. The number of carboxylic acid groups (broad SMARTS) is 1. The van der Waals surface area contributed by atoms with Crippen LogP contribution in [0.1, 0.15) is 149 Å². The minimum atomic E-state index is -1.57. The molecule has 12 atom stereocenters. The van der Waals surface area contributed by atoms with Crippen molar-refractivity contribution in [1.82, 2.24) is 58.1 Å². The number of nitrogens with two attached hydrogens (primary N) is 14. The van der Waals surface area contributed by atoms with E-state index in [4.69, 9.17) is 80.3 Å². The molecular weight excluding hydrogens is 1420 g/mol. The van der Waals surface area contributed by atoms with Crippen LogP contribution in [-0.4, -0.2) is 253 Å². The smallest absolute Gasteiger partial charge is 0.322 e. The molecule has 0 spiro atoms. The third kappa shape index (κ3) is 39.6. The number of hydrogen-bond donors (Lipinski definition) is 26. The molecule has 45 heteroatoms. The number of nitrogens with zero attached hydrogens (tertiary/aromatic N) is 6. The number of carboxylic acids is 1. The van der Waals surface area contributed by atoms with E-state index in [0.29, 0.717) is 19.3 Å². The Morgan fingerprint density at radius 2 is 0.704 bits per heavy atom. The van der Waals surface area contributed by atoms with Crippen molar-refractivity contribution in [1.29, 1.82) is 0 Å². The van der Waals surface area contributed by atoms with Gasteiger partial charge in [-0.2, -0.15) is 0 Å². The number of aliphatic carboxylic acids is 1. The lowest BCUT2D eigenvalue weighted by molar-refractivity contribution is -0.142. The second-order valence-electron chi connectivity index (χ2n) is 26.1. The van der Waals surface area contributed by atoms with E-state index in [-0.39, 0.29) is 185 Å². The number of guanidine groups is 5. The van der Waals surface area contributed by atoms with Crippen molar-refractivity contribution >= 4 is 107 Å².